The van der Waals surface area contributed by atoms with Crippen molar-refractivity contribution in [3.8, 4) is 0 Å². The van der Waals surface area contributed by atoms with E-state index in [0.29, 0.717) is 13.1 Å². The summed E-state index contributed by atoms with van der Waals surface area (Å²) in [6, 6.07) is 3.18. The number of amides is 1. The van der Waals surface area contributed by atoms with Gasteiger partial charge in [-0.2, -0.15) is 18.3 Å². The molecular weight excluding hydrogens is 479 g/mol. The Morgan fingerprint density at radius 3 is 2.66 bits per heavy atom. The second-order valence-electron chi connectivity index (χ2n) is 6.87. The number of carbonyl (C=O) groups excluding carboxylic acids is 1. The zero-order valence-corrected chi connectivity index (χ0v) is 17.9. The van der Waals surface area contributed by atoms with Crippen molar-refractivity contribution in [2.45, 2.75) is 24.9 Å². The highest BCUT2D eigenvalue weighted by Gasteiger charge is 2.39. The molecule has 0 radical (unpaired) electrons. The zero-order valence-electron chi connectivity index (χ0n) is 15.5. The molecule has 13 heteroatoms. The van der Waals surface area contributed by atoms with Gasteiger partial charge in [0.25, 0.3) is 10.0 Å². The van der Waals surface area contributed by atoms with Crippen LogP contribution in [0, 0.1) is 5.41 Å². The highest BCUT2D eigenvalue weighted by Crippen LogP contribution is 2.27. The Morgan fingerprint density at radius 1 is 1.41 bits per heavy atom. The number of carbonyl (C=O) groups is 1. The highest BCUT2D eigenvalue weighted by molar-refractivity contribution is 9.10. The summed E-state index contributed by atoms with van der Waals surface area (Å²) in [4.78, 5) is 14.7. The number of halogens is 4. The minimum atomic E-state index is -5.06. The Hall–Kier alpha value is -2.15. The van der Waals surface area contributed by atoms with Crippen LogP contribution in [0.4, 0.5) is 18.9 Å². The quantitative estimate of drug-likeness (QED) is 0.446. The van der Waals surface area contributed by atoms with E-state index in [1.165, 1.54) is 0 Å². The van der Waals surface area contributed by atoms with Crippen LogP contribution in [-0.2, 0) is 14.8 Å². The van der Waals surface area contributed by atoms with Gasteiger partial charge in [0.15, 0.2) is 0 Å². The standard InChI is InChI=1S/C16H19BrF3N5O3S/c1-15(2)8-22-25(9-15)6-5-21-10-23-29(27,28)11-3-4-13(12(17)7-11)24-14(26)16(18,19)20/h3-4,7-8,10H,5-6,9H2,1-2H3,(H,21,23)(H,24,26). The van der Waals surface area contributed by atoms with Crippen molar-refractivity contribution in [3.63, 3.8) is 0 Å². The molecular formula is C16H19BrF3N5O3S. The summed E-state index contributed by atoms with van der Waals surface area (Å²) in [5.74, 6) is -2.16. The lowest BCUT2D eigenvalue weighted by molar-refractivity contribution is -0.167. The van der Waals surface area contributed by atoms with E-state index < -0.39 is 22.1 Å². The molecule has 0 spiro atoms. The molecule has 1 aliphatic rings. The Labute approximate surface area is 174 Å². The van der Waals surface area contributed by atoms with Gasteiger partial charge in [0, 0.05) is 22.6 Å². The van der Waals surface area contributed by atoms with Crippen LogP contribution in [0.5, 0.6) is 0 Å². The Morgan fingerprint density at radius 2 is 2.10 bits per heavy atom. The maximum atomic E-state index is 12.3. The number of nitrogens with one attached hydrogen (secondary N) is 2. The van der Waals surface area contributed by atoms with Crippen LogP contribution in [0.15, 0.2) is 37.7 Å². The molecule has 0 unspecified atom stereocenters. The van der Waals surface area contributed by atoms with E-state index in [1.807, 2.05) is 25.1 Å². The maximum Gasteiger partial charge on any atom is 0.471 e. The van der Waals surface area contributed by atoms with Crippen molar-refractivity contribution in [1.29, 1.82) is 0 Å². The molecule has 0 saturated heterocycles. The molecule has 0 fully saturated rings. The topological polar surface area (TPSA) is 103 Å². The molecule has 1 heterocycles. The van der Waals surface area contributed by atoms with Gasteiger partial charge in [0.05, 0.1) is 30.0 Å². The molecule has 0 saturated carbocycles. The Balaban J connectivity index is 1.92. The predicted octanol–water partition coefficient (Wildman–Crippen LogP) is 2.58. The molecule has 160 valence electrons. The van der Waals surface area contributed by atoms with Crippen LogP contribution < -0.4 is 10.0 Å². The van der Waals surface area contributed by atoms with E-state index in [4.69, 9.17) is 0 Å². The third-order valence-electron chi connectivity index (χ3n) is 3.70. The van der Waals surface area contributed by atoms with Gasteiger partial charge in [0.1, 0.15) is 0 Å². The fraction of sp³-hybridized carbons (Fsp3) is 0.438. The van der Waals surface area contributed by atoms with Crippen LogP contribution in [0.2, 0.25) is 0 Å². The average Bonchev–Trinajstić information content (AvgIpc) is 2.94. The van der Waals surface area contributed by atoms with Crippen LogP contribution in [0.1, 0.15) is 13.8 Å². The largest absolute Gasteiger partial charge is 0.471 e. The molecule has 1 amide bonds. The van der Waals surface area contributed by atoms with Gasteiger partial charge in [0.2, 0.25) is 0 Å². The van der Waals surface area contributed by atoms with Gasteiger partial charge in [-0.05, 0) is 34.1 Å². The Kier molecular flexibility index (Phi) is 6.93. The number of sulfonamides is 1. The molecule has 2 rings (SSSR count). The minimum Gasteiger partial charge on any atom is -0.317 e. The summed E-state index contributed by atoms with van der Waals surface area (Å²) in [6.07, 6.45) is -2.18. The number of nitrogens with zero attached hydrogens (tertiary/aromatic N) is 3. The van der Waals surface area contributed by atoms with Gasteiger partial charge in [-0.25, -0.2) is 8.42 Å². The molecule has 0 aromatic heterocycles. The fourth-order valence-corrected chi connectivity index (χ4v) is 3.80. The zero-order chi connectivity index (χ0) is 21.9. The van der Waals surface area contributed by atoms with Crippen molar-refractivity contribution < 1.29 is 26.4 Å². The normalized spacial score (nSPS) is 16.4. The highest BCUT2D eigenvalue weighted by atomic mass is 79.9. The van der Waals surface area contributed by atoms with Crippen molar-refractivity contribution in [2.24, 2.45) is 15.5 Å². The molecule has 2 N–H and O–H groups in total. The van der Waals surface area contributed by atoms with Crippen LogP contribution >= 0.6 is 15.9 Å². The summed E-state index contributed by atoms with van der Waals surface area (Å²) >= 11 is 2.95. The van der Waals surface area contributed by atoms with Crippen LogP contribution in [-0.4, -0.2) is 57.7 Å². The first-order valence-electron chi connectivity index (χ1n) is 8.29. The first-order valence-corrected chi connectivity index (χ1v) is 10.6. The molecule has 0 aliphatic carbocycles. The summed E-state index contributed by atoms with van der Waals surface area (Å²) in [6.45, 7) is 5.69. The number of hydrogen-bond donors (Lipinski definition) is 2. The minimum absolute atomic E-state index is 0.00950. The summed E-state index contributed by atoms with van der Waals surface area (Å²) in [5.41, 5.74) is -0.223. The molecule has 8 nitrogen and oxygen atoms in total. The third kappa shape index (κ3) is 6.70. The maximum absolute atomic E-state index is 12.3. The number of aliphatic imine (C=N–C) groups is 1. The van der Waals surface area contributed by atoms with E-state index in [1.54, 1.807) is 5.32 Å². The van der Waals surface area contributed by atoms with E-state index in [9.17, 15) is 26.4 Å². The SMILES string of the molecule is CC1(C)C=NN(CCN=CNS(=O)(=O)c2ccc(NC(=O)C(F)(F)F)c(Br)c2)C1. The number of benzene rings is 1. The first kappa shape index (κ1) is 23.1. The molecule has 1 aliphatic heterocycles. The van der Waals surface area contributed by atoms with Gasteiger partial charge in [-0.3, -0.25) is 19.5 Å². The van der Waals surface area contributed by atoms with Gasteiger partial charge < -0.3 is 5.32 Å². The number of hydrazone groups is 1. The van der Waals surface area contributed by atoms with Crippen molar-refractivity contribution in [2.75, 3.05) is 25.0 Å². The second kappa shape index (κ2) is 8.69. The van der Waals surface area contributed by atoms with E-state index in [2.05, 4.69) is 30.7 Å². The molecule has 29 heavy (non-hydrogen) atoms. The predicted molar refractivity (Wildman–Crippen MR) is 106 cm³/mol. The lowest BCUT2D eigenvalue weighted by Gasteiger charge is -2.18. The smallest absolute Gasteiger partial charge is 0.317 e. The van der Waals surface area contributed by atoms with Gasteiger partial charge >= 0.3 is 12.1 Å². The van der Waals surface area contributed by atoms with Crippen molar-refractivity contribution >= 4 is 50.1 Å². The van der Waals surface area contributed by atoms with E-state index in [-0.39, 0.29) is 20.5 Å². The van der Waals surface area contributed by atoms with Gasteiger partial charge in [-0.1, -0.05) is 13.8 Å². The monoisotopic (exact) mass is 497 g/mol. The van der Waals surface area contributed by atoms with Crippen LogP contribution in [0.3, 0.4) is 0 Å². The Bertz CT molecular complexity index is 932. The lowest BCUT2D eigenvalue weighted by atomic mass is 9.97. The van der Waals surface area contributed by atoms with Crippen molar-refractivity contribution in [1.82, 2.24) is 9.73 Å². The number of rotatable bonds is 7. The van der Waals surface area contributed by atoms with Crippen molar-refractivity contribution in [3.05, 3.63) is 22.7 Å². The van der Waals surface area contributed by atoms with Crippen LogP contribution in [0.25, 0.3) is 0 Å². The molecule has 1 aromatic rings. The first-order chi connectivity index (χ1) is 13.3. The number of hydrogen-bond acceptors (Lipinski definition) is 6. The summed E-state index contributed by atoms with van der Waals surface area (Å²) in [5, 5.41) is 7.71. The van der Waals surface area contributed by atoms with E-state index >= 15 is 0 Å². The average molecular weight is 498 g/mol. The van der Waals surface area contributed by atoms with E-state index in [0.717, 1.165) is 31.1 Å². The second-order valence-corrected chi connectivity index (χ2v) is 9.44. The molecule has 0 bridgehead atoms. The third-order valence-corrected chi connectivity index (χ3v) is 5.65. The molecule has 1 aromatic carbocycles. The van der Waals surface area contributed by atoms with Gasteiger partial charge in [-0.15, -0.1) is 0 Å². The lowest BCUT2D eigenvalue weighted by Crippen LogP contribution is -2.30. The summed E-state index contributed by atoms with van der Waals surface area (Å²) < 4.78 is 63.6. The summed E-state index contributed by atoms with van der Waals surface area (Å²) in [7, 11) is -3.98. The fourth-order valence-electron chi connectivity index (χ4n) is 2.30. The molecule has 0 atom stereocenters. The number of anilines is 1. The number of alkyl halides is 3.